The third-order valence-corrected chi connectivity index (χ3v) is 5.48. The molecule has 1 saturated heterocycles. The highest BCUT2D eigenvalue weighted by molar-refractivity contribution is 5.81. The highest BCUT2D eigenvalue weighted by Crippen LogP contribution is 2.34. The van der Waals surface area contributed by atoms with Crippen LogP contribution in [0.2, 0.25) is 0 Å². The lowest BCUT2D eigenvalue weighted by molar-refractivity contribution is 0.0812. The number of piperidine rings is 1. The van der Waals surface area contributed by atoms with Crippen LogP contribution in [0.1, 0.15) is 30.0 Å². The molecule has 1 aliphatic rings. The van der Waals surface area contributed by atoms with E-state index in [9.17, 15) is 10.1 Å². The molecule has 1 aromatic heterocycles. The van der Waals surface area contributed by atoms with Crippen molar-refractivity contribution in [3.05, 3.63) is 72.2 Å². The van der Waals surface area contributed by atoms with E-state index in [1.165, 1.54) is 6.33 Å². The second-order valence-electron chi connectivity index (χ2n) is 7.25. The Bertz CT molecular complexity index is 1020. The van der Waals surface area contributed by atoms with Gasteiger partial charge in [-0.3, -0.25) is 0 Å². The summed E-state index contributed by atoms with van der Waals surface area (Å²) in [5, 5.41) is 10.8. The zero-order valence-corrected chi connectivity index (χ0v) is 16.1. The molecule has 1 fully saturated rings. The van der Waals surface area contributed by atoms with Gasteiger partial charge >= 0.3 is 6.09 Å². The molecule has 3 aromatic rings. The number of amides is 1. The molecule has 0 saturated carbocycles. The van der Waals surface area contributed by atoms with E-state index in [0.717, 1.165) is 35.0 Å². The average Bonchev–Trinajstić information content (AvgIpc) is 2.79. The van der Waals surface area contributed by atoms with E-state index < -0.39 is 0 Å². The topological polar surface area (TPSA) is 79.1 Å². The number of hydrogen-bond acceptors (Lipinski definition) is 5. The lowest BCUT2D eigenvalue weighted by Crippen LogP contribution is -2.40. The molecule has 29 heavy (non-hydrogen) atoms. The number of ether oxygens (including phenoxy) is 1. The van der Waals surface area contributed by atoms with Crippen molar-refractivity contribution in [3.63, 3.8) is 0 Å². The van der Waals surface area contributed by atoms with Crippen LogP contribution in [0, 0.1) is 17.2 Å². The number of rotatable bonds is 4. The summed E-state index contributed by atoms with van der Waals surface area (Å²) in [6.45, 7) is 1.44. The van der Waals surface area contributed by atoms with Crippen LogP contribution in [0.3, 0.4) is 0 Å². The van der Waals surface area contributed by atoms with E-state index in [4.69, 9.17) is 4.74 Å². The predicted octanol–water partition coefficient (Wildman–Crippen LogP) is 4.29. The summed E-state index contributed by atoms with van der Waals surface area (Å²) in [7, 11) is 0. The van der Waals surface area contributed by atoms with Gasteiger partial charge in [-0.25, -0.2) is 14.8 Å². The molecule has 2 heterocycles. The number of para-hydroxylation sites is 1. The predicted molar refractivity (Wildman–Crippen MR) is 109 cm³/mol. The van der Waals surface area contributed by atoms with Crippen LogP contribution in [0.15, 0.2) is 60.9 Å². The largest absolute Gasteiger partial charge is 0.445 e. The van der Waals surface area contributed by atoms with E-state index in [1.54, 1.807) is 4.90 Å². The van der Waals surface area contributed by atoms with Crippen molar-refractivity contribution >= 4 is 17.0 Å². The molecule has 6 nitrogen and oxygen atoms in total. The van der Waals surface area contributed by atoms with E-state index in [2.05, 4.69) is 16.0 Å². The first-order valence-corrected chi connectivity index (χ1v) is 9.81. The maximum Gasteiger partial charge on any atom is 0.410 e. The molecule has 2 aromatic carbocycles. The molecule has 6 heteroatoms. The molecule has 4 rings (SSSR count). The second kappa shape index (κ2) is 8.70. The summed E-state index contributed by atoms with van der Waals surface area (Å²) in [6, 6.07) is 19.9. The van der Waals surface area contributed by atoms with Crippen molar-refractivity contribution in [1.29, 1.82) is 5.26 Å². The summed E-state index contributed by atoms with van der Waals surface area (Å²) < 4.78 is 5.43. The Balaban J connectivity index is 1.39. The second-order valence-corrected chi connectivity index (χ2v) is 7.25. The lowest BCUT2D eigenvalue weighted by atomic mass is 9.82. The first-order chi connectivity index (χ1) is 14.3. The van der Waals surface area contributed by atoms with Gasteiger partial charge in [0.05, 0.1) is 23.2 Å². The van der Waals surface area contributed by atoms with Crippen molar-refractivity contribution < 1.29 is 9.53 Å². The molecular weight excluding hydrogens is 364 g/mol. The minimum absolute atomic E-state index is 0.150. The fraction of sp³-hybridized carbons (Fsp3) is 0.304. The molecule has 1 amide bonds. The molecule has 1 unspecified atom stereocenters. The fourth-order valence-electron chi connectivity index (χ4n) is 3.89. The first-order valence-electron chi connectivity index (χ1n) is 9.81. The van der Waals surface area contributed by atoms with Crippen LogP contribution < -0.4 is 0 Å². The number of likely N-dealkylation sites (tertiary alicyclic amines) is 1. The van der Waals surface area contributed by atoms with E-state index >= 15 is 0 Å². The Morgan fingerprint density at radius 2 is 1.83 bits per heavy atom. The maximum absolute atomic E-state index is 12.4. The highest BCUT2D eigenvalue weighted by Gasteiger charge is 2.31. The highest BCUT2D eigenvalue weighted by atomic mass is 16.6. The van der Waals surface area contributed by atoms with Crippen LogP contribution in [-0.4, -0.2) is 34.1 Å². The van der Waals surface area contributed by atoms with Crippen LogP contribution in [0.4, 0.5) is 4.79 Å². The molecule has 0 bridgehead atoms. The van der Waals surface area contributed by atoms with Gasteiger partial charge in [-0.05, 0) is 30.4 Å². The van der Waals surface area contributed by atoms with Crippen LogP contribution in [0.5, 0.6) is 0 Å². The Labute approximate surface area is 169 Å². The Morgan fingerprint density at radius 1 is 1.10 bits per heavy atom. The number of carbonyl (C=O) groups is 1. The molecular formula is C23H22N4O2. The third kappa shape index (κ3) is 4.19. The minimum Gasteiger partial charge on any atom is -0.445 e. The van der Waals surface area contributed by atoms with Gasteiger partial charge in [-0.2, -0.15) is 5.26 Å². The van der Waals surface area contributed by atoms with Gasteiger partial charge in [0, 0.05) is 18.5 Å². The summed E-state index contributed by atoms with van der Waals surface area (Å²) in [4.78, 5) is 22.8. The van der Waals surface area contributed by atoms with Crippen LogP contribution in [0.25, 0.3) is 10.9 Å². The van der Waals surface area contributed by atoms with Gasteiger partial charge in [0.15, 0.2) is 0 Å². The first kappa shape index (κ1) is 18.9. The number of fused-ring (bicyclic) bond motifs is 1. The number of nitriles is 1. The zero-order valence-electron chi connectivity index (χ0n) is 16.1. The molecule has 0 radical (unpaired) electrons. The summed E-state index contributed by atoms with van der Waals surface area (Å²) in [6.07, 6.45) is 2.72. The molecule has 146 valence electrons. The van der Waals surface area contributed by atoms with Gasteiger partial charge in [-0.15, -0.1) is 0 Å². The normalized spacial score (nSPS) is 15.6. The fourth-order valence-corrected chi connectivity index (χ4v) is 3.89. The molecule has 1 atom stereocenters. The summed E-state index contributed by atoms with van der Waals surface area (Å²) in [5.41, 5.74) is 2.60. The monoisotopic (exact) mass is 386 g/mol. The Morgan fingerprint density at radius 3 is 2.59 bits per heavy atom. The van der Waals surface area contributed by atoms with Gasteiger partial charge in [-0.1, -0.05) is 48.5 Å². The summed E-state index contributed by atoms with van der Waals surface area (Å²) in [5.74, 6) is -0.165. The van der Waals surface area contributed by atoms with Crippen molar-refractivity contribution in [1.82, 2.24) is 14.9 Å². The molecule has 0 N–H and O–H groups in total. The van der Waals surface area contributed by atoms with E-state index in [-0.39, 0.29) is 24.5 Å². The maximum atomic E-state index is 12.4. The number of aromatic nitrogens is 2. The number of benzene rings is 2. The smallest absolute Gasteiger partial charge is 0.410 e. The Hall–Kier alpha value is -3.46. The number of nitrogens with zero attached hydrogens (tertiary/aromatic N) is 4. The molecule has 1 aliphatic heterocycles. The van der Waals surface area contributed by atoms with Gasteiger partial charge in [0.25, 0.3) is 0 Å². The lowest BCUT2D eigenvalue weighted by Gasteiger charge is -2.33. The van der Waals surface area contributed by atoms with Gasteiger partial charge in [0.2, 0.25) is 0 Å². The van der Waals surface area contributed by atoms with Crippen molar-refractivity contribution in [2.45, 2.75) is 25.4 Å². The Kier molecular flexibility index (Phi) is 5.66. The zero-order chi connectivity index (χ0) is 20.1. The van der Waals surface area contributed by atoms with Crippen LogP contribution in [-0.2, 0) is 11.3 Å². The molecule has 0 spiro atoms. The minimum atomic E-state index is -0.314. The average molecular weight is 386 g/mol. The van der Waals surface area contributed by atoms with E-state index in [1.807, 2.05) is 54.6 Å². The van der Waals surface area contributed by atoms with Gasteiger partial charge in [0.1, 0.15) is 12.9 Å². The van der Waals surface area contributed by atoms with Crippen LogP contribution >= 0.6 is 0 Å². The van der Waals surface area contributed by atoms with Crippen molar-refractivity contribution in [3.8, 4) is 6.07 Å². The SMILES string of the molecule is N#CC(c1ncnc2ccccc12)C1CCN(C(=O)OCc2ccccc2)CC1. The van der Waals surface area contributed by atoms with Crippen molar-refractivity contribution in [2.24, 2.45) is 5.92 Å². The summed E-state index contributed by atoms with van der Waals surface area (Å²) >= 11 is 0. The number of carbonyl (C=O) groups excluding carboxylic acids is 1. The number of hydrogen-bond donors (Lipinski definition) is 0. The van der Waals surface area contributed by atoms with E-state index in [0.29, 0.717) is 13.1 Å². The molecule has 0 aliphatic carbocycles. The van der Waals surface area contributed by atoms with Gasteiger partial charge < -0.3 is 9.64 Å². The third-order valence-electron chi connectivity index (χ3n) is 5.48. The standard InChI is InChI=1S/C23H22N4O2/c24-14-20(22-19-8-4-5-9-21(19)25-16-26-22)18-10-12-27(13-11-18)23(28)29-15-17-6-2-1-3-7-17/h1-9,16,18,20H,10-13,15H2. The van der Waals surface area contributed by atoms with Crippen molar-refractivity contribution in [2.75, 3.05) is 13.1 Å². The quantitative estimate of drug-likeness (QED) is 0.668.